The Morgan fingerprint density at radius 3 is 2.06 bits per heavy atom. The lowest BCUT2D eigenvalue weighted by Crippen LogP contribution is -2.23. The molecule has 0 atom stereocenters. The monoisotopic (exact) mass is 448 g/mol. The van der Waals surface area contributed by atoms with E-state index in [2.05, 4.69) is 78.0 Å². The Hall–Kier alpha value is -4.12. The van der Waals surface area contributed by atoms with E-state index < -0.39 is 0 Å². The maximum atomic E-state index is 10.2. The lowest BCUT2D eigenvalue weighted by atomic mass is 10.0. The average molecular weight is 449 g/mol. The number of hydrogen-bond donors (Lipinski definition) is 1. The van der Waals surface area contributed by atoms with Crippen LogP contribution in [-0.4, -0.2) is 19.6 Å². The molecule has 2 aromatic heterocycles. The molecule has 34 heavy (non-hydrogen) atoms. The zero-order valence-electron chi connectivity index (χ0n) is 19.5. The van der Waals surface area contributed by atoms with Gasteiger partial charge in [-0.1, -0.05) is 72.8 Å². The number of phenolic OH excluding ortho intramolecular Hbond substituents is 1. The van der Waals surface area contributed by atoms with Crippen molar-refractivity contribution in [2.24, 2.45) is 0 Å². The van der Waals surface area contributed by atoms with E-state index in [4.69, 9.17) is 9.97 Å². The Morgan fingerprint density at radius 1 is 0.824 bits per heavy atom. The van der Waals surface area contributed by atoms with Crippen molar-refractivity contribution in [1.82, 2.24) is 14.5 Å². The minimum Gasteiger partial charge on any atom is -0.508 e. The number of rotatable bonds is 7. The summed E-state index contributed by atoms with van der Waals surface area (Å²) in [7, 11) is 0. The number of phenols is 1. The minimum atomic E-state index is 0.230. The van der Waals surface area contributed by atoms with Gasteiger partial charge in [-0.3, -0.25) is 0 Å². The van der Waals surface area contributed by atoms with E-state index in [0.29, 0.717) is 13.1 Å². The molecule has 5 rings (SSSR count). The Kier molecular flexibility index (Phi) is 6.00. The molecule has 0 spiro atoms. The molecule has 0 amide bonds. The van der Waals surface area contributed by atoms with E-state index in [1.807, 2.05) is 24.3 Å². The highest BCUT2D eigenvalue weighted by Crippen LogP contribution is 2.38. The molecule has 1 N–H and O–H groups in total. The van der Waals surface area contributed by atoms with Crippen LogP contribution in [0.1, 0.15) is 31.0 Å². The van der Waals surface area contributed by atoms with E-state index in [1.54, 1.807) is 18.5 Å². The number of aromatic hydroxyl groups is 1. The summed E-state index contributed by atoms with van der Waals surface area (Å²) < 4.78 is 2.18. The summed E-state index contributed by atoms with van der Waals surface area (Å²) in [6.07, 6.45) is 3.79. The fraction of sp³-hybridized carbons (Fsp3) is 0.172. The lowest BCUT2D eigenvalue weighted by molar-refractivity contribution is 0.475. The zero-order chi connectivity index (χ0) is 23.5. The van der Waals surface area contributed by atoms with Gasteiger partial charge < -0.3 is 14.6 Å². The van der Waals surface area contributed by atoms with Crippen LogP contribution in [0.15, 0.2) is 97.5 Å². The highest BCUT2D eigenvalue weighted by atomic mass is 16.3. The van der Waals surface area contributed by atoms with Crippen LogP contribution < -0.4 is 4.90 Å². The maximum absolute atomic E-state index is 10.2. The van der Waals surface area contributed by atoms with Crippen molar-refractivity contribution < 1.29 is 5.11 Å². The summed E-state index contributed by atoms with van der Waals surface area (Å²) >= 11 is 0. The smallest absolute Gasteiger partial charge is 0.146 e. The van der Waals surface area contributed by atoms with Crippen molar-refractivity contribution >= 4 is 16.9 Å². The molecule has 0 aliphatic heterocycles. The van der Waals surface area contributed by atoms with Gasteiger partial charge in [0.05, 0.1) is 5.39 Å². The molecule has 5 heteroatoms. The summed E-state index contributed by atoms with van der Waals surface area (Å²) in [4.78, 5) is 11.8. The van der Waals surface area contributed by atoms with E-state index in [-0.39, 0.29) is 11.8 Å². The van der Waals surface area contributed by atoms with Gasteiger partial charge >= 0.3 is 0 Å². The molecule has 0 saturated heterocycles. The summed E-state index contributed by atoms with van der Waals surface area (Å²) in [5, 5.41) is 11.2. The van der Waals surface area contributed by atoms with Gasteiger partial charge in [0.2, 0.25) is 0 Å². The van der Waals surface area contributed by atoms with Gasteiger partial charge in [0, 0.05) is 30.9 Å². The third kappa shape index (κ3) is 4.37. The van der Waals surface area contributed by atoms with E-state index in [9.17, 15) is 5.11 Å². The first kappa shape index (κ1) is 21.7. The SMILES string of the molecule is CC(C)n1cc(-c2cccc(O)c2)c2c(N(Cc3ccccc3)Cc3ccccc3)ncnc21. The van der Waals surface area contributed by atoms with Crippen LogP contribution in [0.25, 0.3) is 22.2 Å². The molecule has 0 fully saturated rings. The van der Waals surface area contributed by atoms with Gasteiger partial charge in [-0.05, 0) is 42.7 Å². The number of hydrogen-bond acceptors (Lipinski definition) is 4. The van der Waals surface area contributed by atoms with E-state index >= 15 is 0 Å². The summed E-state index contributed by atoms with van der Waals surface area (Å²) in [5.74, 6) is 1.13. The van der Waals surface area contributed by atoms with Crippen molar-refractivity contribution in [2.45, 2.75) is 33.0 Å². The molecule has 5 aromatic rings. The van der Waals surface area contributed by atoms with Crippen LogP contribution in [0.4, 0.5) is 5.82 Å². The first-order chi connectivity index (χ1) is 16.6. The molecule has 0 aliphatic carbocycles. The largest absolute Gasteiger partial charge is 0.508 e. The molecular formula is C29H28N4O. The molecule has 0 bridgehead atoms. The third-order valence-corrected chi connectivity index (χ3v) is 6.03. The molecule has 2 heterocycles. The first-order valence-corrected chi connectivity index (χ1v) is 11.6. The van der Waals surface area contributed by atoms with Crippen molar-refractivity contribution in [3.63, 3.8) is 0 Å². The van der Waals surface area contributed by atoms with Crippen LogP contribution in [0.2, 0.25) is 0 Å². The van der Waals surface area contributed by atoms with Gasteiger partial charge in [-0.25, -0.2) is 9.97 Å². The van der Waals surface area contributed by atoms with Crippen LogP contribution in [0, 0.1) is 0 Å². The second-order valence-electron chi connectivity index (χ2n) is 8.82. The maximum Gasteiger partial charge on any atom is 0.146 e. The third-order valence-electron chi connectivity index (χ3n) is 6.03. The average Bonchev–Trinajstić information content (AvgIpc) is 3.25. The lowest BCUT2D eigenvalue weighted by Gasteiger charge is -2.25. The topological polar surface area (TPSA) is 54.2 Å². The second-order valence-corrected chi connectivity index (χ2v) is 8.82. The van der Waals surface area contributed by atoms with Gasteiger partial charge in [0.1, 0.15) is 23.5 Å². The van der Waals surface area contributed by atoms with Gasteiger partial charge in [-0.2, -0.15) is 0 Å². The molecule has 0 radical (unpaired) electrons. The van der Waals surface area contributed by atoms with Crippen LogP contribution >= 0.6 is 0 Å². The predicted molar refractivity (Wildman–Crippen MR) is 138 cm³/mol. The number of aromatic nitrogens is 3. The summed E-state index contributed by atoms with van der Waals surface area (Å²) in [6.45, 7) is 5.74. The predicted octanol–water partition coefficient (Wildman–Crippen LogP) is 6.59. The van der Waals surface area contributed by atoms with Crippen molar-refractivity contribution in [1.29, 1.82) is 0 Å². The Balaban J connectivity index is 1.71. The first-order valence-electron chi connectivity index (χ1n) is 11.6. The highest BCUT2D eigenvalue weighted by Gasteiger charge is 2.22. The quantitative estimate of drug-likeness (QED) is 0.305. The van der Waals surface area contributed by atoms with Gasteiger partial charge in [0.25, 0.3) is 0 Å². The number of nitrogens with zero attached hydrogens (tertiary/aromatic N) is 4. The van der Waals surface area contributed by atoms with E-state index in [0.717, 1.165) is 28.0 Å². The fourth-order valence-electron chi connectivity index (χ4n) is 4.41. The van der Waals surface area contributed by atoms with Crippen LogP contribution in [0.5, 0.6) is 5.75 Å². The molecule has 170 valence electrons. The Morgan fingerprint density at radius 2 is 1.47 bits per heavy atom. The molecule has 5 nitrogen and oxygen atoms in total. The van der Waals surface area contributed by atoms with Gasteiger partial charge in [-0.15, -0.1) is 0 Å². The molecule has 0 saturated carbocycles. The number of fused-ring (bicyclic) bond motifs is 1. The van der Waals surface area contributed by atoms with Crippen molar-refractivity contribution in [3.05, 3.63) is 109 Å². The Labute approximate surface area is 200 Å². The molecule has 3 aromatic carbocycles. The van der Waals surface area contributed by atoms with Crippen molar-refractivity contribution in [2.75, 3.05) is 4.90 Å². The Bertz CT molecular complexity index is 1350. The number of benzene rings is 3. The standard InChI is InChI=1S/C29H28N4O/c1-21(2)33-19-26(24-14-9-15-25(34)16-24)27-28(30-20-31-29(27)33)32(17-22-10-5-3-6-11-22)18-23-12-7-4-8-13-23/h3-16,19-21,34H,17-18H2,1-2H3. The van der Waals surface area contributed by atoms with Gasteiger partial charge in [0.15, 0.2) is 0 Å². The van der Waals surface area contributed by atoms with Crippen molar-refractivity contribution in [3.8, 4) is 16.9 Å². The molecular weight excluding hydrogens is 420 g/mol. The van der Waals surface area contributed by atoms with Crippen LogP contribution in [0.3, 0.4) is 0 Å². The zero-order valence-corrected chi connectivity index (χ0v) is 19.5. The molecule has 0 unspecified atom stereocenters. The highest BCUT2D eigenvalue weighted by molar-refractivity contribution is 6.01. The molecule has 0 aliphatic rings. The minimum absolute atomic E-state index is 0.230. The number of anilines is 1. The normalized spacial score (nSPS) is 11.3. The van der Waals surface area contributed by atoms with E-state index in [1.165, 1.54) is 11.1 Å². The second kappa shape index (κ2) is 9.40. The van der Waals surface area contributed by atoms with Crippen LogP contribution in [-0.2, 0) is 13.1 Å². The summed E-state index contributed by atoms with van der Waals surface area (Å²) in [6, 6.07) is 28.5. The fourth-order valence-corrected chi connectivity index (χ4v) is 4.41. The summed E-state index contributed by atoms with van der Waals surface area (Å²) in [5.41, 5.74) is 5.28.